The second kappa shape index (κ2) is 6.66. The maximum atomic E-state index is 12.3. The van der Waals surface area contributed by atoms with Gasteiger partial charge in [0.2, 0.25) is 12.6 Å². The molecule has 1 amide bonds. The highest BCUT2D eigenvalue weighted by Gasteiger charge is 2.22. The van der Waals surface area contributed by atoms with E-state index in [4.69, 9.17) is 14.0 Å². The van der Waals surface area contributed by atoms with E-state index in [2.05, 4.69) is 20.4 Å². The normalized spacial score (nSPS) is 16.0. The van der Waals surface area contributed by atoms with Gasteiger partial charge in [0, 0.05) is 17.0 Å². The van der Waals surface area contributed by atoms with Crippen LogP contribution in [0.5, 0.6) is 11.5 Å². The lowest BCUT2D eigenvalue weighted by molar-refractivity contribution is 0.0937. The Labute approximate surface area is 158 Å². The van der Waals surface area contributed by atoms with Crippen LogP contribution in [0.3, 0.4) is 0 Å². The zero-order valence-corrected chi connectivity index (χ0v) is 15.1. The number of thiazole rings is 1. The van der Waals surface area contributed by atoms with Crippen LogP contribution in [0, 0.1) is 0 Å². The van der Waals surface area contributed by atoms with Crippen LogP contribution in [0.15, 0.2) is 28.1 Å². The summed E-state index contributed by atoms with van der Waals surface area (Å²) in [6.07, 6.45) is 4.40. The Morgan fingerprint density at radius 3 is 2.89 bits per heavy atom. The van der Waals surface area contributed by atoms with Crippen molar-refractivity contribution in [3.8, 4) is 34.5 Å². The van der Waals surface area contributed by atoms with Gasteiger partial charge in [0.15, 0.2) is 16.5 Å². The van der Waals surface area contributed by atoms with Crippen LogP contribution >= 0.6 is 11.3 Å². The van der Waals surface area contributed by atoms with Gasteiger partial charge in [-0.05, 0) is 31.0 Å². The van der Waals surface area contributed by atoms with Crippen molar-refractivity contribution in [3.63, 3.8) is 0 Å². The van der Waals surface area contributed by atoms with Crippen molar-refractivity contribution in [3.05, 3.63) is 28.6 Å². The van der Waals surface area contributed by atoms with E-state index in [0.29, 0.717) is 28.0 Å². The Morgan fingerprint density at radius 1 is 1.15 bits per heavy atom. The van der Waals surface area contributed by atoms with E-state index in [1.165, 1.54) is 24.2 Å². The summed E-state index contributed by atoms with van der Waals surface area (Å²) in [7, 11) is 0. The number of nitrogens with zero attached hydrogens (tertiary/aromatic N) is 3. The molecule has 3 heterocycles. The molecule has 2 aromatic heterocycles. The maximum absolute atomic E-state index is 12.3. The topological polar surface area (TPSA) is 99.4 Å². The lowest BCUT2D eigenvalue weighted by Crippen LogP contribution is -2.32. The summed E-state index contributed by atoms with van der Waals surface area (Å²) in [6, 6.07) is 5.70. The van der Waals surface area contributed by atoms with E-state index in [1.807, 2.05) is 12.1 Å². The molecule has 3 aromatic rings. The van der Waals surface area contributed by atoms with Gasteiger partial charge < -0.3 is 19.3 Å². The first-order valence-corrected chi connectivity index (χ1v) is 9.65. The number of rotatable bonds is 4. The Balaban J connectivity index is 1.34. The number of carbonyl (C=O) groups excluding carboxylic acids is 1. The van der Waals surface area contributed by atoms with Crippen LogP contribution in [-0.2, 0) is 0 Å². The molecule has 138 valence electrons. The third-order valence-electron chi connectivity index (χ3n) is 4.66. The molecule has 0 saturated heterocycles. The summed E-state index contributed by atoms with van der Waals surface area (Å²) in [4.78, 5) is 21.1. The summed E-state index contributed by atoms with van der Waals surface area (Å²) in [5.74, 6) is 1.90. The van der Waals surface area contributed by atoms with Crippen molar-refractivity contribution in [1.29, 1.82) is 0 Å². The third kappa shape index (κ3) is 3.14. The molecule has 1 aromatic carbocycles. The van der Waals surface area contributed by atoms with Gasteiger partial charge in [0.05, 0.1) is 0 Å². The Morgan fingerprint density at radius 2 is 2.00 bits per heavy atom. The predicted molar refractivity (Wildman–Crippen MR) is 96.7 cm³/mol. The van der Waals surface area contributed by atoms with Crippen molar-refractivity contribution in [2.45, 2.75) is 31.7 Å². The molecule has 2 aliphatic rings. The van der Waals surface area contributed by atoms with Crippen molar-refractivity contribution in [2.24, 2.45) is 0 Å². The second-order valence-corrected chi connectivity index (χ2v) is 7.34. The lowest BCUT2D eigenvalue weighted by atomic mass is 10.2. The van der Waals surface area contributed by atoms with Crippen molar-refractivity contribution >= 4 is 17.2 Å². The van der Waals surface area contributed by atoms with Gasteiger partial charge in [-0.25, -0.2) is 4.98 Å². The van der Waals surface area contributed by atoms with Gasteiger partial charge in [0.25, 0.3) is 11.8 Å². The lowest BCUT2D eigenvalue weighted by Gasteiger charge is -2.09. The Bertz CT molecular complexity index is 993. The third-order valence-corrected chi connectivity index (χ3v) is 5.51. The number of nitrogens with one attached hydrogen (secondary N) is 1. The van der Waals surface area contributed by atoms with Crippen LogP contribution in [0.25, 0.3) is 23.0 Å². The van der Waals surface area contributed by atoms with Crippen molar-refractivity contribution in [1.82, 2.24) is 20.4 Å². The van der Waals surface area contributed by atoms with E-state index >= 15 is 0 Å². The minimum atomic E-state index is -0.145. The van der Waals surface area contributed by atoms with Crippen LogP contribution in [0.1, 0.15) is 35.5 Å². The number of carbonyl (C=O) groups is 1. The Kier molecular flexibility index (Phi) is 4.01. The molecule has 1 aliphatic carbocycles. The highest BCUT2D eigenvalue weighted by molar-refractivity contribution is 7.12. The van der Waals surface area contributed by atoms with E-state index in [-0.39, 0.29) is 24.6 Å². The molecule has 0 unspecified atom stereocenters. The molecular weight excluding hydrogens is 368 g/mol. The summed E-state index contributed by atoms with van der Waals surface area (Å²) in [5, 5.41) is 9.19. The van der Waals surface area contributed by atoms with Crippen molar-refractivity contribution in [2.75, 3.05) is 6.79 Å². The average molecular weight is 384 g/mol. The van der Waals surface area contributed by atoms with Gasteiger partial charge in [-0.1, -0.05) is 18.0 Å². The number of hydrogen-bond donors (Lipinski definition) is 1. The number of fused-ring (bicyclic) bond motifs is 1. The molecule has 0 spiro atoms. The van der Waals surface area contributed by atoms with Crippen LogP contribution < -0.4 is 14.8 Å². The molecule has 9 heteroatoms. The molecule has 8 nitrogen and oxygen atoms in total. The van der Waals surface area contributed by atoms with Crippen molar-refractivity contribution < 1.29 is 18.8 Å². The number of benzene rings is 1. The fourth-order valence-corrected chi connectivity index (χ4v) is 3.97. The standard InChI is InChI=1S/C18H16N4O4S/c23-16(19-11-3-1-2-4-11)18-20-12(8-27-18)17-21-15(22-26-17)10-5-6-13-14(7-10)25-9-24-13/h5-8,11H,1-4,9H2,(H,19,23). The van der Waals surface area contributed by atoms with Gasteiger partial charge in [-0.2, -0.15) is 4.98 Å². The van der Waals surface area contributed by atoms with Gasteiger partial charge >= 0.3 is 0 Å². The number of hydrogen-bond acceptors (Lipinski definition) is 8. The average Bonchev–Trinajstić information content (AvgIpc) is 3.47. The van der Waals surface area contributed by atoms with E-state index < -0.39 is 0 Å². The minimum absolute atomic E-state index is 0.145. The van der Waals surface area contributed by atoms with E-state index in [0.717, 1.165) is 18.4 Å². The molecular formula is C18H16N4O4S. The highest BCUT2D eigenvalue weighted by atomic mass is 32.1. The Hall–Kier alpha value is -2.94. The minimum Gasteiger partial charge on any atom is -0.454 e. The molecule has 1 N–H and O–H groups in total. The number of amides is 1. The summed E-state index contributed by atoms with van der Waals surface area (Å²) in [6.45, 7) is 0.209. The number of aromatic nitrogens is 3. The zero-order valence-electron chi connectivity index (χ0n) is 14.3. The quantitative estimate of drug-likeness (QED) is 0.737. The fraction of sp³-hybridized carbons (Fsp3) is 0.333. The van der Waals surface area contributed by atoms with Gasteiger partial charge in [-0.15, -0.1) is 11.3 Å². The molecule has 1 saturated carbocycles. The van der Waals surface area contributed by atoms with E-state index in [9.17, 15) is 4.79 Å². The second-order valence-electron chi connectivity index (χ2n) is 6.48. The largest absolute Gasteiger partial charge is 0.454 e. The van der Waals surface area contributed by atoms with E-state index in [1.54, 1.807) is 11.4 Å². The summed E-state index contributed by atoms with van der Waals surface area (Å²) >= 11 is 1.27. The molecule has 5 rings (SSSR count). The molecule has 0 radical (unpaired) electrons. The monoisotopic (exact) mass is 384 g/mol. The first kappa shape index (κ1) is 16.2. The number of ether oxygens (including phenoxy) is 2. The summed E-state index contributed by atoms with van der Waals surface area (Å²) in [5.41, 5.74) is 1.25. The molecule has 1 fully saturated rings. The summed E-state index contributed by atoms with van der Waals surface area (Å²) < 4.78 is 16.0. The van der Waals surface area contributed by atoms with Gasteiger partial charge in [-0.3, -0.25) is 4.79 Å². The molecule has 1 aliphatic heterocycles. The highest BCUT2D eigenvalue weighted by Crippen LogP contribution is 2.35. The predicted octanol–water partition coefficient (Wildman–Crippen LogP) is 3.26. The zero-order chi connectivity index (χ0) is 18.2. The molecule has 0 atom stereocenters. The smallest absolute Gasteiger partial charge is 0.280 e. The molecule has 0 bridgehead atoms. The molecule has 27 heavy (non-hydrogen) atoms. The van der Waals surface area contributed by atoms with Crippen LogP contribution in [-0.4, -0.2) is 33.9 Å². The van der Waals surface area contributed by atoms with Crippen LogP contribution in [0.4, 0.5) is 0 Å². The first-order chi connectivity index (χ1) is 13.3. The fourth-order valence-electron chi connectivity index (χ4n) is 3.27. The SMILES string of the molecule is O=C(NC1CCCC1)c1nc(-c2nc(-c3ccc4c(c3)OCO4)no2)cs1. The first-order valence-electron chi connectivity index (χ1n) is 8.77. The van der Waals surface area contributed by atoms with Gasteiger partial charge in [0.1, 0.15) is 5.69 Å². The van der Waals surface area contributed by atoms with Crippen LogP contribution in [0.2, 0.25) is 0 Å². The maximum Gasteiger partial charge on any atom is 0.280 e.